The predicted octanol–water partition coefficient (Wildman–Crippen LogP) is 2.46. The molecule has 2 aromatic rings. The number of hydrogen-bond acceptors (Lipinski definition) is 4. The van der Waals surface area contributed by atoms with Crippen LogP contribution < -0.4 is 10.6 Å². The monoisotopic (exact) mass is 357 g/mol. The van der Waals surface area contributed by atoms with Gasteiger partial charge in [0.1, 0.15) is 5.70 Å². The Kier molecular flexibility index (Phi) is 4.46. The first-order valence-corrected chi connectivity index (χ1v) is 8.42. The SMILES string of the molecule is CN(C)C(=O)c1ccc(-c2ccc(/C=C3\NC(=S)NC3=O)s2)cc1. The van der Waals surface area contributed by atoms with Gasteiger partial charge in [-0.05, 0) is 48.1 Å². The summed E-state index contributed by atoms with van der Waals surface area (Å²) in [7, 11) is 3.46. The third-order valence-electron chi connectivity index (χ3n) is 3.46. The molecule has 122 valence electrons. The highest BCUT2D eigenvalue weighted by molar-refractivity contribution is 7.80. The second-order valence-electron chi connectivity index (χ2n) is 5.45. The first-order chi connectivity index (χ1) is 11.4. The molecule has 7 heteroatoms. The molecule has 1 aliphatic heterocycles. The molecule has 1 aromatic heterocycles. The van der Waals surface area contributed by atoms with Crippen LogP contribution in [0, 0.1) is 0 Å². The van der Waals surface area contributed by atoms with E-state index in [4.69, 9.17) is 12.2 Å². The fourth-order valence-electron chi connectivity index (χ4n) is 2.25. The van der Waals surface area contributed by atoms with Crippen molar-refractivity contribution in [2.45, 2.75) is 0 Å². The van der Waals surface area contributed by atoms with Gasteiger partial charge in [-0.3, -0.25) is 14.9 Å². The lowest BCUT2D eigenvalue weighted by atomic mass is 10.1. The third kappa shape index (κ3) is 3.37. The fourth-order valence-corrected chi connectivity index (χ4v) is 3.40. The largest absolute Gasteiger partial charge is 0.345 e. The molecule has 0 bridgehead atoms. The number of amides is 2. The number of nitrogens with one attached hydrogen (secondary N) is 2. The molecule has 0 aliphatic carbocycles. The molecule has 2 heterocycles. The van der Waals surface area contributed by atoms with Gasteiger partial charge in [0.2, 0.25) is 0 Å². The molecule has 0 saturated carbocycles. The van der Waals surface area contributed by atoms with Gasteiger partial charge in [0.15, 0.2) is 5.11 Å². The lowest BCUT2D eigenvalue weighted by molar-refractivity contribution is -0.115. The molecule has 0 atom stereocenters. The van der Waals surface area contributed by atoms with E-state index in [2.05, 4.69) is 10.6 Å². The summed E-state index contributed by atoms with van der Waals surface area (Å²) in [6, 6.07) is 11.4. The van der Waals surface area contributed by atoms with Gasteiger partial charge in [0.05, 0.1) is 0 Å². The maximum atomic E-state index is 11.9. The van der Waals surface area contributed by atoms with Crippen LogP contribution in [0.4, 0.5) is 0 Å². The second kappa shape index (κ2) is 6.54. The van der Waals surface area contributed by atoms with Crippen molar-refractivity contribution in [3.05, 3.63) is 52.5 Å². The van der Waals surface area contributed by atoms with Crippen molar-refractivity contribution in [3.8, 4) is 10.4 Å². The molecular weight excluding hydrogens is 342 g/mol. The zero-order valence-corrected chi connectivity index (χ0v) is 14.8. The minimum absolute atomic E-state index is 0.0209. The Hall–Kier alpha value is -2.51. The van der Waals surface area contributed by atoms with Gasteiger partial charge in [-0.2, -0.15) is 0 Å². The predicted molar refractivity (Wildman–Crippen MR) is 99.6 cm³/mol. The third-order valence-corrected chi connectivity index (χ3v) is 4.74. The van der Waals surface area contributed by atoms with E-state index >= 15 is 0 Å². The van der Waals surface area contributed by atoms with Gasteiger partial charge in [-0.1, -0.05) is 12.1 Å². The quantitative estimate of drug-likeness (QED) is 0.654. The highest BCUT2D eigenvalue weighted by Crippen LogP contribution is 2.29. The number of thiocarbonyl (C=S) groups is 1. The van der Waals surface area contributed by atoms with Gasteiger partial charge in [0, 0.05) is 29.4 Å². The van der Waals surface area contributed by atoms with Crippen molar-refractivity contribution in [3.63, 3.8) is 0 Å². The Morgan fingerprint density at radius 3 is 2.42 bits per heavy atom. The van der Waals surface area contributed by atoms with E-state index in [-0.39, 0.29) is 11.8 Å². The van der Waals surface area contributed by atoms with Crippen LogP contribution in [-0.4, -0.2) is 35.9 Å². The summed E-state index contributed by atoms with van der Waals surface area (Å²) < 4.78 is 0. The molecule has 24 heavy (non-hydrogen) atoms. The first-order valence-electron chi connectivity index (χ1n) is 7.20. The van der Waals surface area contributed by atoms with Crippen molar-refractivity contribution < 1.29 is 9.59 Å². The van der Waals surface area contributed by atoms with Crippen molar-refractivity contribution in [1.82, 2.24) is 15.5 Å². The lowest BCUT2D eigenvalue weighted by Gasteiger charge is -2.10. The average Bonchev–Trinajstić information content (AvgIpc) is 3.14. The maximum absolute atomic E-state index is 11.9. The number of carbonyl (C=O) groups excluding carboxylic acids is 2. The fraction of sp³-hybridized carbons (Fsp3) is 0.118. The topological polar surface area (TPSA) is 61.4 Å². The second-order valence-corrected chi connectivity index (χ2v) is 6.97. The van der Waals surface area contributed by atoms with Crippen LogP contribution in [0.5, 0.6) is 0 Å². The Labute approximate surface area is 149 Å². The van der Waals surface area contributed by atoms with E-state index in [1.165, 1.54) is 0 Å². The maximum Gasteiger partial charge on any atom is 0.273 e. The number of hydrogen-bond donors (Lipinski definition) is 2. The molecule has 0 spiro atoms. The molecule has 2 N–H and O–H groups in total. The van der Waals surface area contributed by atoms with E-state index < -0.39 is 0 Å². The van der Waals surface area contributed by atoms with Gasteiger partial charge < -0.3 is 10.2 Å². The molecule has 2 amide bonds. The molecule has 1 aromatic carbocycles. The van der Waals surface area contributed by atoms with Gasteiger partial charge >= 0.3 is 0 Å². The average molecular weight is 357 g/mol. The normalized spacial score (nSPS) is 15.3. The van der Waals surface area contributed by atoms with Gasteiger partial charge in [-0.25, -0.2) is 0 Å². The standard InChI is InChI=1S/C17H15N3O2S2/c1-20(2)16(22)11-5-3-10(4-6-11)14-8-7-12(24-14)9-13-15(21)19-17(23)18-13/h3-9H,1-2H3,(H2,18,19,21,23)/b13-9-. The summed E-state index contributed by atoms with van der Waals surface area (Å²) in [6.45, 7) is 0. The summed E-state index contributed by atoms with van der Waals surface area (Å²) >= 11 is 6.47. The van der Waals surface area contributed by atoms with E-state index in [0.29, 0.717) is 16.4 Å². The Morgan fingerprint density at radius 1 is 1.12 bits per heavy atom. The highest BCUT2D eigenvalue weighted by Gasteiger charge is 2.20. The lowest BCUT2D eigenvalue weighted by Crippen LogP contribution is -2.21. The van der Waals surface area contributed by atoms with E-state index in [1.807, 2.05) is 36.4 Å². The summed E-state index contributed by atoms with van der Waals surface area (Å²) in [5.74, 6) is -0.242. The van der Waals surface area contributed by atoms with Crippen molar-refractivity contribution >= 4 is 46.6 Å². The van der Waals surface area contributed by atoms with Crippen LogP contribution in [0.2, 0.25) is 0 Å². The molecule has 1 aliphatic rings. The van der Waals surface area contributed by atoms with Gasteiger partial charge in [0.25, 0.3) is 11.8 Å². The smallest absolute Gasteiger partial charge is 0.273 e. The van der Waals surface area contributed by atoms with Crippen LogP contribution >= 0.6 is 23.6 Å². The minimum Gasteiger partial charge on any atom is -0.345 e. The molecule has 5 nitrogen and oxygen atoms in total. The molecule has 0 unspecified atom stereocenters. The van der Waals surface area contributed by atoms with Crippen LogP contribution in [0.3, 0.4) is 0 Å². The van der Waals surface area contributed by atoms with Crippen LogP contribution in [-0.2, 0) is 4.79 Å². The summed E-state index contributed by atoms with van der Waals surface area (Å²) in [5.41, 5.74) is 2.13. The Bertz CT molecular complexity index is 851. The number of benzene rings is 1. The van der Waals surface area contributed by atoms with Crippen LogP contribution in [0.1, 0.15) is 15.2 Å². The summed E-state index contributed by atoms with van der Waals surface area (Å²) in [6.07, 6.45) is 1.77. The summed E-state index contributed by atoms with van der Waals surface area (Å²) in [5, 5.41) is 5.68. The molecule has 1 fully saturated rings. The van der Waals surface area contributed by atoms with Crippen LogP contribution in [0.25, 0.3) is 16.5 Å². The first kappa shape index (κ1) is 16.4. The number of thiophene rings is 1. The van der Waals surface area contributed by atoms with E-state index in [1.54, 1.807) is 36.4 Å². The number of carbonyl (C=O) groups is 2. The van der Waals surface area contributed by atoms with Gasteiger partial charge in [-0.15, -0.1) is 11.3 Å². The molecular formula is C17H15N3O2S2. The zero-order chi connectivity index (χ0) is 17.3. The minimum atomic E-state index is -0.221. The number of nitrogens with zero attached hydrogens (tertiary/aromatic N) is 1. The zero-order valence-electron chi connectivity index (χ0n) is 13.1. The summed E-state index contributed by atoms with van der Waals surface area (Å²) in [4.78, 5) is 27.1. The van der Waals surface area contributed by atoms with E-state index in [9.17, 15) is 9.59 Å². The molecule has 1 saturated heterocycles. The van der Waals surface area contributed by atoms with Crippen LogP contribution in [0.15, 0.2) is 42.1 Å². The van der Waals surface area contributed by atoms with Crippen molar-refractivity contribution in [2.24, 2.45) is 0 Å². The van der Waals surface area contributed by atoms with Crippen molar-refractivity contribution in [2.75, 3.05) is 14.1 Å². The molecule has 3 rings (SSSR count). The Morgan fingerprint density at radius 2 is 1.83 bits per heavy atom. The number of rotatable bonds is 3. The highest BCUT2D eigenvalue weighted by atomic mass is 32.1. The van der Waals surface area contributed by atoms with E-state index in [0.717, 1.165) is 15.3 Å². The molecule has 0 radical (unpaired) electrons. The Balaban J connectivity index is 1.81. The van der Waals surface area contributed by atoms with Crippen molar-refractivity contribution in [1.29, 1.82) is 0 Å².